The molecule has 1 saturated heterocycles. The van der Waals surface area contributed by atoms with Crippen molar-refractivity contribution in [2.45, 2.75) is 12.3 Å². The number of aromatic amines is 1. The van der Waals surface area contributed by atoms with Crippen molar-refractivity contribution >= 4 is 16.7 Å². The Balaban J connectivity index is 2.01. The monoisotopic (exact) mass is 224 g/mol. The van der Waals surface area contributed by atoms with Crippen LogP contribution in [0.3, 0.4) is 0 Å². The van der Waals surface area contributed by atoms with E-state index in [9.17, 15) is 8.78 Å². The van der Waals surface area contributed by atoms with E-state index in [0.717, 1.165) is 10.9 Å². The van der Waals surface area contributed by atoms with Crippen LogP contribution in [0.2, 0.25) is 0 Å². The quantitative estimate of drug-likeness (QED) is 0.803. The molecule has 3 rings (SSSR count). The zero-order valence-electron chi connectivity index (χ0n) is 8.45. The first-order valence-electron chi connectivity index (χ1n) is 5.07. The fourth-order valence-electron chi connectivity index (χ4n) is 2.01. The average Bonchev–Trinajstić information content (AvgIpc) is 2.81. The first-order valence-corrected chi connectivity index (χ1v) is 5.07. The largest absolute Gasteiger partial charge is 0.348 e. The van der Waals surface area contributed by atoms with E-state index in [1.54, 1.807) is 23.4 Å². The van der Waals surface area contributed by atoms with E-state index >= 15 is 0 Å². The number of aromatic nitrogens is 3. The molecule has 0 amide bonds. The number of hydrogen-bond acceptors (Lipinski definition) is 3. The summed E-state index contributed by atoms with van der Waals surface area (Å²) in [5.74, 6) is -2.01. The summed E-state index contributed by atoms with van der Waals surface area (Å²) in [7, 11) is 0. The highest BCUT2D eigenvalue weighted by Crippen LogP contribution is 2.32. The minimum atomic E-state index is -2.60. The molecule has 4 nitrogen and oxygen atoms in total. The minimum Gasteiger partial charge on any atom is -0.348 e. The van der Waals surface area contributed by atoms with Crippen LogP contribution in [0.15, 0.2) is 18.5 Å². The molecule has 84 valence electrons. The molecular weight excluding hydrogens is 214 g/mol. The molecule has 0 atom stereocenters. The molecule has 0 bridgehead atoms. The average molecular weight is 224 g/mol. The van der Waals surface area contributed by atoms with Gasteiger partial charge in [-0.25, -0.2) is 8.78 Å². The number of nitrogens with zero attached hydrogens (tertiary/aromatic N) is 3. The van der Waals surface area contributed by atoms with Gasteiger partial charge in [-0.05, 0) is 6.07 Å². The molecule has 1 fully saturated rings. The number of rotatable bonds is 1. The highest BCUT2D eigenvalue weighted by Gasteiger charge is 2.39. The van der Waals surface area contributed by atoms with Crippen molar-refractivity contribution < 1.29 is 8.78 Å². The van der Waals surface area contributed by atoms with E-state index in [4.69, 9.17) is 0 Å². The van der Waals surface area contributed by atoms with Crippen LogP contribution >= 0.6 is 0 Å². The zero-order chi connectivity index (χ0) is 11.2. The molecule has 2 aromatic rings. The fraction of sp³-hybridized carbons (Fsp3) is 0.400. The van der Waals surface area contributed by atoms with E-state index in [2.05, 4.69) is 15.2 Å². The summed E-state index contributed by atoms with van der Waals surface area (Å²) in [5, 5.41) is 7.70. The first-order chi connectivity index (χ1) is 7.66. The number of pyridine rings is 1. The van der Waals surface area contributed by atoms with E-state index in [-0.39, 0.29) is 13.0 Å². The van der Waals surface area contributed by atoms with Crippen LogP contribution in [0.5, 0.6) is 0 Å². The van der Waals surface area contributed by atoms with Crippen LogP contribution in [-0.2, 0) is 0 Å². The van der Waals surface area contributed by atoms with Crippen molar-refractivity contribution in [3.8, 4) is 0 Å². The highest BCUT2D eigenvalue weighted by atomic mass is 19.3. The van der Waals surface area contributed by atoms with Gasteiger partial charge in [0.05, 0.1) is 18.3 Å². The summed E-state index contributed by atoms with van der Waals surface area (Å²) in [5.41, 5.74) is 0.771. The Morgan fingerprint density at radius 3 is 3.06 bits per heavy atom. The van der Waals surface area contributed by atoms with Crippen LogP contribution in [0, 0.1) is 0 Å². The van der Waals surface area contributed by atoms with Gasteiger partial charge in [0.1, 0.15) is 0 Å². The summed E-state index contributed by atoms with van der Waals surface area (Å²) in [6, 6.07) is 1.78. The molecule has 1 aliphatic heterocycles. The molecule has 0 aliphatic carbocycles. The van der Waals surface area contributed by atoms with Crippen LogP contribution in [0.25, 0.3) is 10.9 Å². The summed E-state index contributed by atoms with van der Waals surface area (Å²) in [6.07, 6.45) is 3.17. The maximum absolute atomic E-state index is 13.1. The molecule has 0 saturated carbocycles. The van der Waals surface area contributed by atoms with Gasteiger partial charge in [0, 0.05) is 24.5 Å². The van der Waals surface area contributed by atoms with Crippen LogP contribution in [0.1, 0.15) is 6.42 Å². The topological polar surface area (TPSA) is 44.8 Å². The SMILES string of the molecule is FC1(F)CCN(c2n[nH]c3cnccc23)C1. The van der Waals surface area contributed by atoms with Crippen molar-refractivity contribution in [3.05, 3.63) is 18.5 Å². The van der Waals surface area contributed by atoms with Gasteiger partial charge in [-0.1, -0.05) is 0 Å². The number of fused-ring (bicyclic) bond motifs is 1. The Labute approximate surface area is 90.3 Å². The van der Waals surface area contributed by atoms with Gasteiger partial charge >= 0.3 is 0 Å². The van der Waals surface area contributed by atoms with Gasteiger partial charge in [0.2, 0.25) is 0 Å². The van der Waals surface area contributed by atoms with Crippen molar-refractivity contribution in [3.63, 3.8) is 0 Å². The molecule has 2 aromatic heterocycles. The zero-order valence-corrected chi connectivity index (χ0v) is 8.45. The van der Waals surface area contributed by atoms with E-state index in [1.165, 1.54) is 0 Å². The second kappa shape index (κ2) is 3.13. The van der Waals surface area contributed by atoms with E-state index < -0.39 is 5.92 Å². The molecule has 0 unspecified atom stereocenters. The van der Waals surface area contributed by atoms with Crippen molar-refractivity contribution in [1.29, 1.82) is 0 Å². The maximum Gasteiger partial charge on any atom is 0.266 e. The van der Waals surface area contributed by atoms with Crippen LogP contribution in [-0.4, -0.2) is 34.2 Å². The van der Waals surface area contributed by atoms with E-state index in [1.807, 2.05) is 0 Å². The molecule has 6 heteroatoms. The number of halogens is 2. The molecule has 0 radical (unpaired) electrons. The summed E-state index contributed by atoms with van der Waals surface area (Å²) in [6.45, 7) is 0.0878. The fourth-order valence-corrected chi connectivity index (χ4v) is 2.01. The number of anilines is 1. The third-order valence-electron chi connectivity index (χ3n) is 2.81. The molecule has 0 aromatic carbocycles. The second-order valence-electron chi connectivity index (χ2n) is 4.00. The maximum atomic E-state index is 13.1. The molecule has 3 heterocycles. The summed E-state index contributed by atoms with van der Waals surface area (Å²) >= 11 is 0. The second-order valence-corrected chi connectivity index (χ2v) is 4.00. The predicted molar refractivity (Wildman–Crippen MR) is 55.7 cm³/mol. The van der Waals surface area contributed by atoms with Gasteiger partial charge in [-0.2, -0.15) is 5.10 Å². The van der Waals surface area contributed by atoms with Crippen LogP contribution in [0.4, 0.5) is 14.6 Å². The van der Waals surface area contributed by atoms with Gasteiger partial charge in [0.15, 0.2) is 5.82 Å². The molecule has 1 N–H and O–H groups in total. The van der Waals surface area contributed by atoms with Crippen molar-refractivity contribution in [1.82, 2.24) is 15.2 Å². The Morgan fingerprint density at radius 2 is 2.31 bits per heavy atom. The lowest BCUT2D eigenvalue weighted by atomic mass is 10.3. The standard InChI is InChI=1S/C10H10F2N4/c11-10(12)2-4-16(6-10)9-7-1-3-13-5-8(7)14-15-9/h1,3,5H,2,4,6H2,(H,14,15). The smallest absolute Gasteiger partial charge is 0.266 e. The lowest BCUT2D eigenvalue weighted by molar-refractivity contribution is 0.0257. The summed E-state index contributed by atoms with van der Waals surface area (Å²) < 4.78 is 26.2. The van der Waals surface area contributed by atoms with Crippen LogP contribution < -0.4 is 4.90 Å². The Hall–Kier alpha value is -1.72. The van der Waals surface area contributed by atoms with E-state index in [0.29, 0.717) is 12.4 Å². The molecule has 0 spiro atoms. The highest BCUT2D eigenvalue weighted by molar-refractivity contribution is 5.89. The van der Waals surface area contributed by atoms with Crippen molar-refractivity contribution in [2.75, 3.05) is 18.0 Å². The van der Waals surface area contributed by atoms with Crippen molar-refractivity contribution in [2.24, 2.45) is 0 Å². The Morgan fingerprint density at radius 1 is 1.44 bits per heavy atom. The third kappa shape index (κ3) is 1.41. The lowest BCUT2D eigenvalue weighted by Gasteiger charge is -2.15. The molecule has 1 aliphatic rings. The summed E-state index contributed by atoms with van der Waals surface area (Å²) in [4.78, 5) is 5.55. The number of hydrogen-bond donors (Lipinski definition) is 1. The normalized spacial score (nSPS) is 19.5. The Bertz CT molecular complexity index is 522. The number of H-pyrrole nitrogens is 1. The molecular formula is C10H10F2N4. The first kappa shape index (κ1) is 9.50. The lowest BCUT2D eigenvalue weighted by Crippen LogP contribution is -2.25. The number of nitrogens with one attached hydrogen (secondary N) is 1. The minimum absolute atomic E-state index is 0.105. The third-order valence-corrected chi connectivity index (χ3v) is 2.81. The Kier molecular flexibility index (Phi) is 1.86. The molecule has 16 heavy (non-hydrogen) atoms. The van der Waals surface area contributed by atoms with Gasteiger partial charge in [-0.3, -0.25) is 10.1 Å². The van der Waals surface area contributed by atoms with Gasteiger partial charge in [0.25, 0.3) is 5.92 Å². The predicted octanol–water partition coefficient (Wildman–Crippen LogP) is 1.80. The number of alkyl halides is 2. The van der Waals surface area contributed by atoms with Gasteiger partial charge in [-0.15, -0.1) is 0 Å². The van der Waals surface area contributed by atoms with Gasteiger partial charge < -0.3 is 4.90 Å².